The van der Waals surface area contributed by atoms with E-state index in [1.807, 2.05) is 22.8 Å². The van der Waals surface area contributed by atoms with E-state index in [0.717, 1.165) is 56.2 Å². The highest BCUT2D eigenvalue weighted by Gasteiger charge is 2.34. The number of rotatable bonds is 5. The zero-order chi connectivity index (χ0) is 21.4. The van der Waals surface area contributed by atoms with Gasteiger partial charge in [0.15, 0.2) is 0 Å². The number of amides is 1. The third-order valence-electron chi connectivity index (χ3n) is 7.33. The average molecular weight is 423 g/mol. The predicted octanol–water partition coefficient (Wildman–Crippen LogP) is 3.72. The molecule has 0 unspecified atom stereocenters. The number of fused-ring (bicyclic) bond motifs is 1. The van der Waals surface area contributed by atoms with Crippen molar-refractivity contribution in [2.45, 2.75) is 77.3 Å². The van der Waals surface area contributed by atoms with E-state index in [-0.39, 0.29) is 11.9 Å². The fourth-order valence-electron chi connectivity index (χ4n) is 5.66. The average Bonchev–Trinajstić information content (AvgIpc) is 3.40. The zero-order valence-corrected chi connectivity index (χ0v) is 18.9. The summed E-state index contributed by atoms with van der Waals surface area (Å²) in [6.45, 7) is 4.83. The number of nitrogens with zero attached hydrogens (tertiary/aromatic N) is 6. The molecule has 166 valence electrons. The van der Waals surface area contributed by atoms with Crippen molar-refractivity contribution in [1.82, 2.24) is 24.6 Å². The highest BCUT2D eigenvalue weighted by Crippen LogP contribution is 2.36. The molecular formula is C24H34N6O. The summed E-state index contributed by atoms with van der Waals surface area (Å²) in [5, 5.41) is 4.32. The fourth-order valence-corrected chi connectivity index (χ4v) is 5.66. The molecule has 1 amide bonds. The summed E-state index contributed by atoms with van der Waals surface area (Å²) >= 11 is 0. The van der Waals surface area contributed by atoms with Crippen LogP contribution in [0.15, 0.2) is 12.4 Å². The molecule has 1 aliphatic carbocycles. The van der Waals surface area contributed by atoms with Crippen molar-refractivity contribution in [2.75, 3.05) is 18.0 Å². The predicted molar refractivity (Wildman–Crippen MR) is 120 cm³/mol. The van der Waals surface area contributed by atoms with E-state index in [1.165, 1.54) is 43.2 Å². The smallest absolute Gasteiger partial charge is 0.228 e. The number of aryl methyl sites for hydroxylation is 2. The Balaban J connectivity index is 1.42. The second-order valence-corrected chi connectivity index (χ2v) is 9.63. The largest absolute Gasteiger partial charge is 0.296 e. The molecule has 0 radical (unpaired) electrons. The van der Waals surface area contributed by atoms with Gasteiger partial charge in [-0.3, -0.25) is 19.3 Å². The molecule has 0 aromatic carbocycles. The Kier molecular flexibility index (Phi) is 5.78. The lowest BCUT2D eigenvalue weighted by Gasteiger charge is -2.34. The lowest BCUT2D eigenvalue weighted by Crippen LogP contribution is -2.40. The molecule has 3 aliphatic rings. The van der Waals surface area contributed by atoms with E-state index < -0.39 is 0 Å². The van der Waals surface area contributed by atoms with Gasteiger partial charge in [0.25, 0.3) is 0 Å². The van der Waals surface area contributed by atoms with Crippen molar-refractivity contribution in [2.24, 2.45) is 13.0 Å². The standard InChI is InChI=1S/C24H34N6O/c1-17-20-10-11-22(31)30(16-18-7-4-3-5-8-18)24(20)27-23(26-17)21-9-6-12-29(21)15-19-13-25-28(2)14-19/h13-14,18,21H,3-12,15-16H2,1-2H3/t21-/m1/s1. The van der Waals surface area contributed by atoms with Gasteiger partial charge in [0.1, 0.15) is 11.6 Å². The van der Waals surface area contributed by atoms with Gasteiger partial charge < -0.3 is 0 Å². The van der Waals surface area contributed by atoms with Crippen LogP contribution in [0.2, 0.25) is 0 Å². The number of carbonyl (C=O) groups excluding carboxylic acids is 1. The molecule has 1 atom stereocenters. The van der Waals surface area contributed by atoms with Gasteiger partial charge in [-0.05, 0) is 51.5 Å². The summed E-state index contributed by atoms with van der Waals surface area (Å²) < 4.78 is 1.86. The minimum atomic E-state index is 0.206. The first-order valence-electron chi connectivity index (χ1n) is 12.0. The molecule has 0 spiro atoms. The van der Waals surface area contributed by atoms with E-state index in [2.05, 4.69) is 23.1 Å². The van der Waals surface area contributed by atoms with Gasteiger partial charge in [-0.25, -0.2) is 9.97 Å². The first-order valence-corrected chi connectivity index (χ1v) is 12.0. The molecule has 31 heavy (non-hydrogen) atoms. The van der Waals surface area contributed by atoms with E-state index in [9.17, 15) is 4.79 Å². The summed E-state index contributed by atoms with van der Waals surface area (Å²) in [6.07, 6.45) is 14.0. The van der Waals surface area contributed by atoms with Gasteiger partial charge in [0.05, 0.1) is 12.2 Å². The maximum Gasteiger partial charge on any atom is 0.228 e. The van der Waals surface area contributed by atoms with E-state index in [0.29, 0.717) is 12.3 Å². The van der Waals surface area contributed by atoms with Crippen LogP contribution in [0.3, 0.4) is 0 Å². The maximum absolute atomic E-state index is 12.9. The van der Waals surface area contributed by atoms with Crippen LogP contribution >= 0.6 is 0 Å². The summed E-state index contributed by atoms with van der Waals surface area (Å²) in [7, 11) is 1.96. The van der Waals surface area contributed by atoms with Gasteiger partial charge in [-0.15, -0.1) is 0 Å². The number of likely N-dealkylation sites (tertiary alicyclic amines) is 1. The minimum absolute atomic E-state index is 0.206. The maximum atomic E-state index is 12.9. The molecule has 1 saturated heterocycles. The molecule has 4 heterocycles. The highest BCUT2D eigenvalue weighted by molar-refractivity contribution is 5.95. The Morgan fingerprint density at radius 3 is 2.68 bits per heavy atom. The minimum Gasteiger partial charge on any atom is -0.296 e. The Bertz CT molecular complexity index is 948. The molecule has 2 aromatic rings. The Labute approximate surface area is 184 Å². The molecule has 5 rings (SSSR count). The van der Waals surface area contributed by atoms with E-state index >= 15 is 0 Å². The first kappa shape index (κ1) is 20.6. The molecular weight excluding hydrogens is 388 g/mol. The number of aromatic nitrogens is 4. The first-order chi connectivity index (χ1) is 15.1. The molecule has 0 bridgehead atoms. The summed E-state index contributed by atoms with van der Waals surface area (Å²) in [5.74, 6) is 2.63. The highest BCUT2D eigenvalue weighted by atomic mass is 16.2. The molecule has 7 nitrogen and oxygen atoms in total. The summed E-state index contributed by atoms with van der Waals surface area (Å²) in [6, 6.07) is 0.206. The molecule has 2 aromatic heterocycles. The fraction of sp³-hybridized carbons (Fsp3) is 0.667. The molecule has 1 saturated carbocycles. The summed E-state index contributed by atoms with van der Waals surface area (Å²) in [4.78, 5) is 27.4. The van der Waals surface area contributed by atoms with Crippen LogP contribution in [0.25, 0.3) is 0 Å². The number of carbonyl (C=O) groups is 1. The molecule has 0 N–H and O–H groups in total. The SMILES string of the molecule is Cc1nc([C@H]2CCCN2Cc2cnn(C)c2)nc2c1CCC(=O)N2CC1CCCCC1. The normalized spacial score (nSPS) is 22.8. The van der Waals surface area contributed by atoms with Crippen LogP contribution in [0.4, 0.5) is 5.82 Å². The summed E-state index contributed by atoms with van der Waals surface area (Å²) in [5.41, 5.74) is 3.45. The van der Waals surface area contributed by atoms with Crippen LogP contribution in [0.1, 0.15) is 80.1 Å². The topological polar surface area (TPSA) is 67.2 Å². The number of anilines is 1. The van der Waals surface area contributed by atoms with Crippen molar-refractivity contribution < 1.29 is 4.79 Å². The van der Waals surface area contributed by atoms with Crippen molar-refractivity contribution in [3.8, 4) is 0 Å². The second-order valence-electron chi connectivity index (χ2n) is 9.63. The van der Waals surface area contributed by atoms with Crippen LogP contribution in [-0.2, 0) is 24.8 Å². The van der Waals surface area contributed by atoms with Crippen LogP contribution in [-0.4, -0.2) is 43.6 Å². The molecule has 2 aliphatic heterocycles. The quantitative estimate of drug-likeness (QED) is 0.735. The van der Waals surface area contributed by atoms with Crippen molar-refractivity contribution >= 4 is 11.7 Å². The Morgan fingerprint density at radius 1 is 1.06 bits per heavy atom. The lowest BCUT2D eigenvalue weighted by molar-refractivity contribution is -0.119. The Morgan fingerprint density at radius 2 is 1.90 bits per heavy atom. The van der Waals surface area contributed by atoms with E-state index in [1.54, 1.807) is 0 Å². The Hall–Kier alpha value is -2.28. The van der Waals surface area contributed by atoms with Gasteiger partial charge in [0, 0.05) is 49.6 Å². The second kappa shape index (κ2) is 8.69. The third kappa shape index (κ3) is 4.25. The lowest BCUT2D eigenvalue weighted by atomic mass is 9.88. The van der Waals surface area contributed by atoms with Crippen LogP contribution in [0.5, 0.6) is 0 Å². The van der Waals surface area contributed by atoms with E-state index in [4.69, 9.17) is 9.97 Å². The van der Waals surface area contributed by atoms with Crippen LogP contribution in [0, 0.1) is 12.8 Å². The number of hydrogen-bond acceptors (Lipinski definition) is 5. The van der Waals surface area contributed by atoms with Crippen molar-refractivity contribution in [3.05, 3.63) is 35.0 Å². The third-order valence-corrected chi connectivity index (χ3v) is 7.33. The van der Waals surface area contributed by atoms with Gasteiger partial charge in [-0.2, -0.15) is 5.10 Å². The zero-order valence-electron chi connectivity index (χ0n) is 18.9. The van der Waals surface area contributed by atoms with Gasteiger partial charge >= 0.3 is 0 Å². The van der Waals surface area contributed by atoms with Gasteiger partial charge in [-0.1, -0.05) is 19.3 Å². The monoisotopic (exact) mass is 422 g/mol. The molecule has 2 fully saturated rings. The van der Waals surface area contributed by atoms with Crippen LogP contribution < -0.4 is 4.90 Å². The molecule has 7 heteroatoms. The van der Waals surface area contributed by atoms with Gasteiger partial charge in [0.2, 0.25) is 5.91 Å². The van der Waals surface area contributed by atoms with Crippen molar-refractivity contribution in [1.29, 1.82) is 0 Å². The number of hydrogen-bond donors (Lipinski definition) is 0. The van der Waals surface area contributed by atoms with Crippen molar-refractivity contribution in [3.63, 3.8) is 0 Å².